The molecule has 1 radical (unpaired) electrons. The number of hydrogen-bond acceptors (Lipinski definition) is 0. The summed E-state index contributed by atoms with van der Waals surface area (Å²) in [5.41, 5.74) is 0. The molecule has 0 spiro atoms. The molecule has 0 bridgehead atoms. The Balaban J connectivity index is 2.42. The molecule has 12 heavy (non-hydrogen) atoms. The van der Waals surface area contributed by atoms with E-state index in [9.17, 15) is 0 Å². The van der Waals surface area contributed by atoms with Crippen LogP contribution in [0.3, 0.4) is 0 Å². The van der Waals surface area contributed by atoms with E-state index in [0.717, 1.165) is 12.8 Å². The van der Waals surface area contributed by atoms with Crippen LogP contribution in [0.25, 0.3) is 0 Å². The smallest absolute Gasteiger partial charge is 0.0157 e. The number of allylic oxidation sites excluding steroid dienone is 8. The van der Waals surface area contributed by atoms with E-state index in [1.54, 1.807) is 0 Å². The molecule has 0 N–H and O–H groups in total. The summed E-state index contributed by atoms with van der Waals surface area (Å²) in [6.45, 7) is 0. The van der Waals surface area contributed by atoms with Crippen molar-refractivity contribution >= 4 is 0 Å². The van der Waals surface area contributed by atoms with Gasteiger partial charge in [-0.3, -0.25) is 0 Å². The molecule has 0 aromatic heterocycles. The summed E-state index contributed by atoms with van der Waals surface area (Å²) in [5.74, 6) is 0. The zero-order valence-electron chi connectivity index (χ0n) is 7.37. The van der Waals surface area contributed by atoms with Crippen molar-refractivity contribution in [3.63, 3.8) is 0 Å². The maximum Gasteiger partial charge on any atom is -0.0157 e. The van der Waals surface area contributed by atoms with E-state index < -0.39 is 0 Å². The first kappa shape index (κ1) is 9.05. The monoisotopic (exact) mass is 159 g/mol. The van der Waals surface area contributed by atoms with Gasteiger partial charge in [0.2, 0.25) is 0 Å². The Morgan fingerprint density at radius 1 is 0.917 bits per heavy atom. The first-order chi connectivity index (χ1) is 6.00. The Morgan fingerprint density at radius 3 is 2.75 bits per heavy atom. The molecular formula is C12H15. The fourth-order valence-corrected chi connectivity index (χ4v) is 1.04. The highest BCUT2D eigenvalue weighted by Crippen LogP contribution is 1.99. The van der Waals surface area contributed by atoms with Crippen molar-refractivity contribution in [1.29, 1.82) is 0 Å². The Bertz CT molecular complexity index is 182. The molecule has 0 aromatic carbocycles. The van der Waals surface area contributed by atoms with E-state index in [1.165, 1.54) is 12.8 Å². The molecule has 0 nitrogen and oxygen atoms in total. The summed E-state index contributed by atoms with van der Waals surface area (Å²) in [5, 5.41) is 0. The van der Waals surface area contributed by atoms with Crippen molar-refractivity contribution in [2.75, 3.05) is 0 Å². The topological polar surface area (TPSA) is 0 Å². The van der Waals surface area contributed by atoms with Crippen LogP contribution in [-0.4, -0.2) is 0 Å². The van der Waals surface area contributed by atoms with Gasteiger partial charge >= 0.3 is 0 Å². The van der Waals surface area contributed by atoms with Gasteiger partial charge in [0, 0.05) is 0 Å². The molecule has 0 amide bonds. The average Bonchev–Trinajstić information content (AvgIpc) is 2.05. The number of rotatable bonds is 0. The zero-order chi connectivity index (χ0) is 8.49. The highest BCUT2D eigenvalue weighted by molar-refractivity contribution is 5.06. The van der Waals surface area contributed by atoms with Gasteiger partial charge in [-0.05, 0) is 31.8 Å². The second-order valence-corrected chi connectivity index (χ2v) is 2.80. The van der Waals surface area contributed by atoms with Gasteiger partial charge in [0.1, 0.15) is 0 Å². The highest BCUT2D eigenvalue weighted by Gasteiger charge is 1.79. The predicted molar refractivity (Wildman–Crippen MR) is 53.7 cm³/mol. The lowest BCUT2D eigenvalue weighted by Gasteiger charge is -1.89. The predicted octanol–water partition coefficient (Wildman–Crippen LogP) is 3.59. The molecule has 0 aromatic rings. The lowest BCUT2D eigenvalue weighted by atomic mass is 10.2. The SMILES string of the molecule is [C]1=C\C/C=C/C=C\CCC/C=C/1. The van der Waals surface area contributed by atoms with Crippen LogP contribution < -0.4 is 0 Å². The van der Waals surface area contributed by atoms with Gasteiger partial charge in [-0.2, -0.15) is 0 Å². The Hall–Kier alpha value is -1.04. The van der Waals surface area contributed by atoms with Crippen LogP contribution in [0.4, 0.5) is 0 Å². The largest absolute Gasteiger partial charge is 0.0845 e. The summed E-state index contributed by atoms with van der Waals surface area (Å²) in [6, 6.07) is 0. The molecule has 1 aliphatic carbocycles. The lowest BCUT2D eigenvalue weighted by Crippen LogP contribution is -1.69. The van der Waals surface area contributed by atoms with Gasteiger partial charge in [-0.15, -0.1) is 0 Å². The van der Waals surface area contributed by atoms with Crippen molar-refractivity contribution in [1.82, 2.24) is 0 Å². The molecular weight excluding hydrogens is 144 g/mol. The van der Waals surface area contributed by atoms with Crippen LogP contribution in [0.1, 0.15) is 25.7 Å². The highest BCUT2D eigenvalue weighted by atomic mass is 13.9. The first-order valence-corrected chi connectivity index (χ1v) is 4.54. The van der Waals surface area contributed by atoms with Gasteiger partial charge in [-0.25, -0.2) is 0 Å². The molecule has 0 fully saturated rings. The van der Waals surface area contributed by atoms with Gasteiger partial charge in [-0.1, -0.05) is 42.5 Å². The van der Waals surface area contributed by atoms with Gasteiger partial charge in [0.25, 0.3) is 0 Å². The van der Waals surface area contributed by atoms with Crippen LogP contribution in [0.15, 0.2) is 42.5 Å². The van der Waals surface area contributed by atoms with Crippen molar-refractivity contribution in [3.05, 3.63) is 48.6 Å². The minimum Gasteiger partial charge on any atom is -0.0845 e. The Kier molecular flexibility index (Phi) is 5.02. The third kappa shape index (κ3) is 4.73. The van der Waals surface area contributed by atoms with Gasteiger partial charge < -0.3 is 0 Å². The van der Waals surface area contributed by atoms with Crippen molar-refractivity contribution < 1.29 is 0 Å². The molecule has 0 saturated carbocycles. The summed E-state index contributed by atoms with van der Waals surface area (Å²) in [7, 11) is 0. The van der Waals surface area contributed by atoms with E-state index in [4.69, 9.17) is 0 Å². The molecule has 1 rings (SSSR count). The summed E-state index contributed by atoms with van der Waals surface area (Å²) in [6.07, 6.45) is 22.5. The molecule has 1 aliphatic rings. The van der Waals surface area contributed by atoms with E-state index in [-0.39, 0.29) is 0 Å². The fraction of sp³-hybridized carbons (Fsp3) is 0.333. The van der Waals surface area contributed by atoms with Crippen LogP contribution in [0, 0.1) is 6.08 Å². The Labute approximate surface area is 75.0 Å². The fourth-order valence-electron chi connectivity index (χ4n) is 1.04. The third-order valence-corrected chi connectivity index (χ3v) is 1.71. The second kappa shape index (κ2) is 6.66. The minimum absolute atomic E-state index is 0.981. The lowest BCUT2D eigenvalue weighted by molar-refractivity contribution is 0.868. The Morgan fingerprint density at radius 2 is 1.75 bits per heavy atom. The summed E-state index contributed by atoms with van der Waals surface area (Å²) < 4.78 is 0. The van der Waals surface area contributed by atoms with Crippen LogP contribution in [0.5, 0.6) is 0 Å². The number of hydrogen-bond donors (Lipinski definition) is 0. The normalized spacial score (nSPS) is 29.3. The van der Waals surface area contributed by atoms with Crippen LogP contribution in [0.2, 0.25) is 0 Å². The maximum absolute atomic E-state index is 3.12. The van der Waals surface area contributed by atoms with E-state index in [0.29, 0.717) is 0 Å². The molecule has 0 unspecified atom stereocenters. The van der Waals surface area contributed by atoms with Crippen LogP contribution in [-0.2, 0) is 0 Å². The molecule has 0 saturated heterocycles. The van der Waals surface area contributed by atoms with Crippen LogP contribution >= 0.6 is 0 Å². The minimum atomic E-state index is 0.981. The van der Waals surface area contributed by atoms with Crippen molar-refractivity contribution in [2.24, 2.45) is 0 Å². The third-order valence-electron chi connectivity index (χ3n) is 1.71. The zero-order valence-corrected chi connectivity index (χ0v) is 7.37. The van der Waals surface area contributed by atoms with Crippen molar-refractivity contribution in [3.8, 4) is 0 Å². The second-order valence-electron chi connectivity index (χ2n) is 2.80. The van der Waals surface area contributed by atoms with E-state index in [1.807, 2.05) is 12.2 Å². The first-order valence-electron chi connectivity index (χ1n) is 4.54. The average molecular weight is 159 g/mol. The van der Waals surface area contributed by atoms with E-state index >= 15 is 0 Å². The van der Waals surface area contributed by atoms with E-state index in [2.05, 4.69) is 36.5 Å². The summed E-state index contributed by atoms with van der Waals surface area (Å²) in [4.78, 5) is 0. The molecule has 0 atom stereocenters. The molecule has 0 heteroatoms. The quantitative estimate of drug-likeness (QED) is 0.506. The standard InChI is InChI=1S/C12H15/c1-2-4-6-8-10-12-11-9-7-5-3-1/h1-4,7,11-12H,5-6,8,10H2/b3-1+,4-2-,9-7?,12-11+. The van der Waals surface area contributed by atoms with Crippen molar-refractivity contribution in [2.45, 2.75) is 25.7 Å². The maximum atomic E-state index is 3.12. The van der Waals surface area contributed by atoms with Gasteiger partial charge in [0.05, 0.1) is 0 Å². The molecule has 0 heterocycles. The molecule has 0 aliphatic heterocycles. The summed E-state index contributed by atoms with van der Waals surface area (Å²) >= 11 is 0. The molecule has 63 valence electrons. The van der Waals surface area contributed by atoms with Gasteiger partial charge in [0.15, 0.2) is 0 Å².